The van der Waals surface area contributed by atoms with E-state index in [1.54, 1.807) is 0 Å². The van der Waals surface area contributed by atoms with Crippen molar-refractivity contribution in [2.75, 3.05) is 7.11 Å². The number of methoxy groups -OCH3 is 1. The standard InChI is InChI=1S/C24H33N3O2/c1-23(2)13-21(14-24(3,4)26-23)27(17-19-7-6-12-25-15-19)16-18-8-10-20(11-9-18)22(28)29-5/h6-12,15,21,26H,13-14,16-17H2,1-5H3. The van der Waals surface area contributed by atoms with Crippen molar-refractivity contribution in [2.24, 2.45) is 0 Å². The van der Waals surface area contributed by atoms with Crippen LogP contribution in [0.1, 0.15) is 62.0 Å². The van der Waals surface area contributed by atoms with E-state index in [-0.39, 0.29) is 17.0 Å². The van der Waals surface area contributed by atoms with Crippen LogP contribution in [-0.2, 0) is 17.8 Å². The van der Waals surface area contributed by atoms with Crippen molar-refractivity contribution < 1.29 is 9.53 Å². The summed E-state index contributed by atoms with van der Waals surface area (Å²) in [5.41, 5.74) is 3.14. The Morgan fingerprint density at radius 1 is 1.07 bits per heavy atom. The van der Waals surface area contributed by atoms with Crippen LogP contribution in [0.4, 0.5) is 0 Å². The van der Waals surface area contributed by atoms with Gasteiger partial charge in [0.1, 0.15) is 0 Å². The van der Waals surface area contributed by atoms with Gasteiger partial charge in [0.15, 0.2) is 0 Å². The molecule has 0 atom stereocenters. The van der Waals surface area contributed by atoms with Crippen molar-refractivity contribution in [2.45, 2.75) is 70.7 Å². The maximum absolute atomic E-state index is 11.7. The Morgan fingerprint density at radius 2 is 1.69 bits per heavy atom. The molecule has 0 spiro atoms. The third-order valence-corrected chi connectivity index (χ3v) is 5.55. The SMILES string of the molecule is COC(=O)c1ccc(CN(Cc2cccnc2)C2CC(C)(C)NC(C)(C)C2)cc1. The predicted octanol–water partition coefficient (Wildman–Crippen LogP) is 4.18. The smallest absolute Gasteiger partial charge is 0.337 e. The lowest BCUT2D eigenvalue weighted by Gasteiger charge is -2.49. The quantitative estimate of drug-likeness (QED) is 0.744. The fourth-order valence-electron chi connectivity index (χ4n) is 4.67. The van der Waals surface area contributed by atoms with Crippen LogP contribution in [0.3, 0.4) is 0 Å². The number of pyridine rings is 1. The van der Waals surface area contributed by atoms with Gasteiger partial charge in [0.2, 0.25) is 0 Å². The lowest BCUT2D eigenvalue weighted by atomic mass is 9.79. The number of hydrogen-bond acceptors (Lipinski definition) is 5. The third kappa shape index (κ3) is 5.87. The third-order valence-electron chi connectivity index (χ3n) is 5.55. The number of hydrogen-bond donors (Lipinski definition) is 1. The van der Waals surface area contributed by atoms with Crippen molar-refractivity contribution in [3.05, 3.63) is 65.5 Å². The molecule has 1 N–H and O–H groups in total. The number of rotatable bonds is 6. The summed E-state index contributed by atoms with van der Waals surface area (Å²) in [6.07, 6.45) is 5.93. The molecule has 0 aliphatic carbocycles. The van der Waals surface area contributed by atoms with Gasteiger partial charge in [-0.3, -0.25) is 9.88 Å². The summed E-state index contributed by atoms with van der Waals surface area (Å²) in [7, 11) is 1.41. The van der Waals surface area contributed by atoms with Crippen LogP contribution in [-0.4, -0.2) is 40.1 Å². The van der Waals surface area contributed by atoms with E-state index >= 15 is 0 Å². The van der Waals surface area contributed by atoms with Gasteiger partial charge in [0.05, 0.1) is 12.7 Å². The fraction of sp³-hybridized carbons (Fsp3) is 0.500. The molecule has 2 heterocycles. The largest absolute Gasteiger partial charge is 0.465 e. The fourth-order valence-corrected chi connectivity index (χ4v) is 4.67. The molecule has 3 rings (SSSR count). The Balaban J connectivity index is 1.84. The maximum atomic E-state index is 11.7. The Labute approximate surface area is 174 Å². The molecule has 1 aliphatic rings. The van der Waals surface area contributed by atoms with Crippen LogP contribution < -0.4 is 5.32 Å². The lowest BCUT2D eigenvalue weighted by molar-refractivity contribution is 0.0560. The van der Waals surface area contributed by atoms with E-state index < -0.39 is 0 Å². The molecular formula is C24H33N3O2. The number of carbonyl (C=O) groups excluding carboxylic acids is 1. The molecule has 1 fully saturated rings. The maximum Gasteiger partial charge on any atom is 0.337 e. The zero-order chi connectivity index (χ0) is 21.1. The molecule has 0 saturated carbocycles. The molecule has 2 aromatic rings. The van der Waals surface area contributed by atoms with Crippen LogP contribution in [0.2, 0.25) is 0 Å². The molecule has 1 aromatic heterocycles. The van der Waals surface area contributed by atoms with Gasteiger partial charge >= 0.3 is 5.97 Å². The minimum Gasteiger partial charge on any atom is -0.465 e. The van der Waals surface area contributed by atoms with Gasteiger partial charge in [-0.1, -0.05) is 18.2 Å². The highest BCUT2D eigenvalue weighted by molar-refractivity contribution is 5.89. The second-order valence-corrected chi connectivity index (χ2v) is 9.41. The highest BCUT2D eigenvalue weighted by Gasteiger charge is 2.39. The summed E-state index contributed by atoms with van der Waals surface area (Å²) < 4.78 is 4.81. The van der Waals surface area contributed by atoms with E-state index in [1.165, 1.54) is 18.2 Å². The minimum atomic E-state index is -0.300. The molecule has 0 bridgehead atoms. The Kier molecular flexibility index (Phi) is 6.39. The number of piperidine rings is 1. The summed E-state index contributed by atoms with van der Waals surface area (Å²) in [6, 6.07) is 12.3. The minimum absolute atomic E-state index is 0.0777. The summed E-state index contributed by atoms with van der Waals surface area (Å²) in [5, 5.41) is 3.78. The van der Waals surface area contributed by atoms with Crippen molar-refractivity contribution in [3.63, 3.8) is 0 Å². The number of nitrogens with zero attached hydrogens (tertiary/aromatic N) is 2. The van der Waals surface area contributed by atoms with Gasteiger partial charge in [-0.15, -0.1) is 0 Å². The zero-order valence-electron chi connectivity index (χ0n) is 18.2. The van der Waals surface area contributed by atoms with E-state index in [9.17, 15) is 4.79 Å². The number of esters is 1. The van der Waals surface area contributed by atoms with Gasteiger partial charge in [0.25, 0.3) is 0 Å². The number of carbonyl (C=O) groups is 1. The normalized spacial score (nSPS) is 18.6. The van der Waals surface area contributed by atoms with Crippen molar-refractivity contribution in [1.29, 1.82) is 0 Å². The molecule has 5 heteroatoms. The average molecular weight is 396 g/mol. The zero-order valence-corrected chi connectivity index (χ0v) is 18.2. The number of benzene rings is 1. The molecule has 0 unspecified atom stereocenters. The highest BCUT2D eigenvalue weighted by Crippen LogP contribution is 2.33. The molecule has 1 aliphatic heterocycles. The van der Waals surface area contributed by atoms with Gasteiger partial charge in [-0.25, -0.2) is 4.79 Å². The predicted molar refractivity (Wildman–Crippen MR) is 116 cm³/mol. The van der Waals surface area contributed by atoms with Crippen LogP contribution in [0, 0.1) is 0 Å². The number of ether oxygens (including phenoxy) is 1. The van der Waals surface area contributed by atoms with E-state index in [1.807, 2.05) is 42.7 Å². The summed E-state index contributed by atoms with van der Waals surface area (Å²) in [4.78, 5) is 18.6. The average Bonchev–Trinajstić information content (AvgIpc) is 2.66. The molecule has 1 aromatic carbocycles. The molecule has 0 amide bonds. The van der Waals surface area contributed by atoms with Crippen molar-refractivity contribution >= 4 is 5.97 Å². The summed E-state index contributed by atoms with van der Waals surface area (Å²) in [6.45, 7) is 10.8. The van der Waals surface area contributed by atoms with E-state index in [2.05, 4.69) is 49.0 Å². The van der Waals surface area contributed by atoms with Crippen LogP contribution >= 0.6 is 0 Å². The number of aromatic nitrogens is 1. The van der Waals surface area contributed by atoms with Crippen LogP contribution in [0.5, 0.6) is 0 Å². The summed E-state index contributed by atoms with van der Waals surface area (Å²) in [5.74, 6) is -0.300. The van der Waals surface area contributed by atoms with Gasteiger partial charge < -0.3 is 10.1 Å². The molecule has 1 saturated heterocycles. The monoisotopic (exact) mass is 395 g/mol. The van der Waals surface area contributed by atoms with Crippen LogP contribution in [0.15, 0.2) is 48.8 Å². The lowest BCUT2D eigenvalue weighted by Crippen LogP contribution is -2.62. The van der Waals surface area contributed by atoms with E-state index in [0.717, 1.165) is 25.9 Å². The Hall–Kier alpha value is -2.24. The summed E-state index contributed by atoms with van der Waals surface area (Å²) >= 11 is 0. The highest BCUT2D eigenvalue weighted by atomic mass is 16.5. The number of nitrogens with one attached hydrogen (secondary N) is 1. The molecule has 29 heavy (non-hydrogen) atoms. The van der Waals surface area contributed by atoms with E-state index in [0.29, 0.717) is 11.6 Å². The van der Waals surface area contributed by atoms with Gasteiger partial charge in [-0.05, 0) is 69.9 Å². The molecular weight excluding hydrogens is 362 g/mol. The van der Waals surface area contributed by atoms with Crippen molar-refractivity contribution in [3.8, 4) is 0 Å². The first kappa shape index (κ1) is 21.5. The van der Waals surface area contributed by atoms with Gasteiger partial charge in [0, 0.05) is 42.6 Å². The first-order valence-corrected chi connectivity index (χ1v) is 10.3. The molecule has 0 radical (unpaired) electrons. The molecule has 5 nitrogen and oxygen atoms in total. The van der Waals surface area contributed by atoms with Crippen LogP contribution in [0.25, 0.3) is 0 Å². The first-order valence-electron chi connectivity index (χ1n) is 10.3. The molecule has 156 valence electrons. The Morgan fingerprint density at radius 3 is 2.24 bits per heavy atom. The first-order chi connectivity index (χ1) is 13.7. The Bertz CT molecular complexity index is 800. The topological polar surface area (TPSA) is 54.5 Å². The van der Waals surface area contributed by atoms with Crippen molar-refractivity contribution in [1.82, 2.24) is 15.2 Å². The second kappa shape index (κ2) is 8.64. The van der Waals surface area contributed by atoms with E-state index in [4.69, 9.17) is 4.74 Å². The van der Waals surface area contributed by atoms with Gasteiger partial charge in [-0.2, -0.15) is 0 Å². The second-order valence-electron chi connectivity index (χ2n) is 9.41.